The number of fused-ring (bicyclic) bond motifs is 1. The van der Waals surface area contributed by atoms with Crippen LogP contribution in [-0.4, -0.2) is 34.3 Å². The summed E-state index contributed by atoms with van der Waals surface area (Å²) >= 11 is 1.68. The van der Waals surface area contributed by atoms with Gasteiger partial charge in [-0.05, 0) is 39.9 Å². The Hall–Kier alpha value is -1.20. The second kappa shape index (κ2) is 6.06. The fourth-order valence-electron chi connectivity index (χ4n) is 2.99. The number of rotatable bonds is 5. The Labute approximate surface area is 123 Å². The van der Waals surface area contributed by atoms with Gasteiger partial charge < -0.3 is 10.2 Å². The van der Waals surface area contributed by atoms with Gasteiger partial charge in [-0.1, -0.05) is 24.3 Å². The average Bonchev–Trinajstić information content (AvgIpc) is 3.07. The fourth-order valence-corrected chi connectivity index (χ4v) is 3.65. The Balaban J connectivity index is 1.79. The number of benzene rings is 1. The predicted octanol–water partition coefficient (Wildman–Crippen LogP) is 2.20. The van der Waals surface area contributed by atoms with Gasteiger partial charge in [0.05, 0.1) is 12.7 Å². The molecule has 4 heteroatoms. The highest BCUT2D eigenvalue weighted by Gasteiger charge is 2.34. The summed E-state index contributed by atoms with van der Waals surface area (Å²) in [5.74, 6) is 0. The molecule has 1 aliphatic rings. The van der Waals surface area contributed by atoms with E-state index in [1.165, 1.54) is 11.1 Å². The maximum atomic E-state index is 10.5. The largest absolute Gasteiger partial charge is 0.395 e. The first-order valence-corrected chi connectivity index (χ1v) is 7.85. The van der Waals surface area contributed by atoms with Crippen molar-refractivity contribution in [3.8, 4) is 0 Å². The summed E-state index contributed by atoms with van der Waals surface area (Å²) in [7, 11) is 0. The Morgan fingerprint density at radius 3 is 2.80 bits per heavy atom. The van der Waals surface area contributed by atoms with Gasteiger partial charge in [0, 0.05) is 19.1 Å². The van der Waals surface area contributed by atoms with Crippen LogP contribution in [-0.2, 0) is 13.0 Å². The predicted molar refractivity (Wildman–Crippen MR) is 80.7 cm³/mol. The van der Waals surface area contributed by atoms with Gasteiger partial charge >= 0.3 is 0 Å². The Morgan fingerprint density at radius 1 is 1.25 bits per heavy atom. The highest BCUT2D eigenvalue weighted by atomic mass is 32.1. The molecular formula is C16H19NO2S. The van der Waals surface area contributed by atoms with Crippen LogP contribution in [0.4, 0.5) is 0 Å². The molecule has 0 saturated heterocycles. The maximum Gasteiger partial charge on any atom is 0.0951 e. The smallest absolute Gasteiger partial charge is 0.0951 e. The summed E-state index contributed by atoms with van der Waals surface area (Å²) < 4.78 is 0. The number of hydrogen-bond donors (Lipinski definition) is 2. The molecule has 1 heterocycles. The zero-order valence-electron chi connectivity index (χ0n) is 11.3. The molecular weight excluding hydrogens is 270 g/mol. The van der Waals surface area contributed by atoms with E-state index in [4.69, 9.17) is 0 Å². The molecule has 2 N–H and O–H groups in total. The van der Waals surface area contributed by atoms with E-state index in [-0.39, 0.29) is 12.6 Å². The molecule has 0 unspecified atom stereocenters. The van der Waals surface area contributed by atoms with Crippen molar-refractivity contribution in [2.45, 2.75) is 25.1 Å². The van der Waals surface area contributed by atoms with Crippen LogP contribution in [0, 0.1) is 0 Å². The lowest BCUT2D eigenvalue weighted by molar-refractivity contribution is 0.0453. The molecule has 0 fully saturated rings. The lowest BCUT2D eigenvalue weighted by atomic mass is 10.1. The molecule has 3 nitrogen and oxygen atoms in total. The van der Waals surface area contributed by atoms with Crippen molar-refractivity contribution in [1.29, 1.82) is 0 Å². The van der Waals surface area contributed by atoms with Crippen molar-refractivity contribution < 1.29 is 10.2 Å². The van der Waals surface area contributed by atoms with Crippen LogP contribution in [0.15, 0.2) is 41.1 Å². The van der Waals surface area contributed by atoms with Gasteiger partial charge in [0.15, 0.2) is 0 Å². The van der Waals surface area contributed by atoms with Gasteiger partial charge in [-0.3, -0.25) is 4.90 Å². The van der Waals surface area contributed by atoms with Crippen molar-refractivity contribution in [3.63, 3.8) is 0 Å². The van der Waals surface area contributed by atoms with Crippen molar-refractivity contribution in [2.24, 2.45) is 0 Å². The SMILES string of the molecule is OCCN(Cc1ccsc1)[C@H]1Cc2ccccc2[C@H]1O. The third-order valence-corrected chi connectivity index (χ3v) is 4.72. The van der Waals surface area contributed by atoms with E-state index >= 15 is 0 Å². The van der Waals surface area contributed by atoms with E-state index in [0.29, 0.717) is 6.54 Å². The summed E-state index contributed by atoms with van der Waals surface area (Å²) in [6.07, 6.45) is 0.387. The van der Waals surface area contributed by atoms with Crippen molar-refractivity contribution in [2.75, 3.05) is 13.2 Å². The second-order valence-electron chi connectivity index (χ2n) is 5.24. The van der Waals surface area contributed by atoms with Gasteiger partial charge in [-0.25, -0.2) is 0 Å². The lowest BCUT2D eigenvalue weighted by Gasteiger charge is -2.30. The molecule has 0 aliphatic heterocycles. The van der Waals surface area contributed by atoms with E-state index in [9.17, 15) is 10.2 Å². The van der Waals surface area contributed by atoms with Gasteiger partial charge in [0.2, 0.25) is 0 Å². The zero-order chi connectivity index (χ0) is 13.9. The summed E-state index contributed by atoms with van der Waals surface area (Å²) in [5.41, 5.74) is 3.50. The average molecular weight is 289 g/mol. The molecule has 1 aliphatic carbocycles. The highest BCUT2D eigenvalue weighted by molar-refractivity contribution is 7.07. The summed E-state index contributed by atoms with van der Waals surface area (Å²) in [6.45, 7) is 1.48. The Kier molecular flexibility index (Phi) is 4.17. The van der Waals surface area contributed by atoms with Crippen molar-refractivity contribution in [1.82, 2.24) is 4.90 Å². The standard InChI is InChI=1S/C16H19NO2S/c18-7-6-17(10-12-5-8-20-11-12)15-9-13-3-1-2-4-14(13)16(15)19/h1-5,8,11,15-16,18-19H,6-7,9-10H2/t15-,16+/m0/s1. The lowest BCUT2D eigenvalue weighted by Crippen LogP contribution is -2.39. The van der Waals surface area contributed by atoms with Crippen LogP contribution in [0.3, 0.4) is 0 Å². The summed E-state index contributed by atoms with van der Waals surface area (Å²) in [5, 5.41) is 24.0. The van der Waals surface area contributed by atoms with Crippen LogP contribution in [0.5, 0.6) is 0 Å². The molecule has 106 valence electrons. The van der Waals surface area contributed by atoms with Gasteiger partial charge in [0.25, 0.3) is 0 Å². The third-order valence-electron chi connectivity index (χ3n) is 3.99. The second-order valence-corrected chi connectivity index (χ2v) is 6.02. The van der Waals surface area contributed by atoms with E-state index in [2.05, 4.69) is 27.8 Å². The number of nitrogens with zero attached hydrogens (tertiary/aromatic N) is 1. The molecule has 0 amide bonds. The monoisotopic (exact) mass is 289 g/mol. The molecule has 2 aromatic rings. The quantitative estimate of drug-likeness (QED) is 0.887. The molecule has 0 bridgehead atoms. The number of aliphatic hydroxyl groups is 2. The Bertz CT molecular complexity index is 555. The summed E-state index contributed by atoms with van der Waals surface area (Å²) in [4.78, 5) is 2.19. The molecule has 3 rings (SSSR count). The van der Waals surface area contributed by atoms with Crippen LogP contribution >= 0.6 is 11.3 Å². The zero-order valence-corrected chi connectivity index (χ0v) is 12.1. The topological polar surface area (TPSA) is 43.7 Å². The summed E-state index contributed by atoms with van der Waals surface area (Å²) in [6, 6.07) is 10.2. The molecule has 1 aromatic carbocycles. The minimum atomic E-state index is -0.462. The molecule has 2 atom stereocenters. The van der Waals surface area contributed by atoms with E-state index in [1.54, 1.807) is 11.3 Å². The molecule has 1 aromatic heterocycles. The number of hydrogen-bond acceptors (Lipinski definition) is 4. The van der Waals surface area contributed by atoms with Gasteiger partial charge in [-0.2, -0.15) is 11.3 Å². The number of thiophene rings is 1. The molecule has 20 heavy (non-hydrogen) atoms. The first-order valence-electron chi connectivity index (χ1n) is 6.91. The maximum absolute atomic E-state index is 10.5. The van der Waals surface area contributed by atoms with Crippen molar-refractivity contribution in [3.05, 3.63) is 57.8 Å². The van der Waals surface area contributed by atoms with Crippen LogP contribution in [0.25, 0.3) is 0 Å². The van der Waals surface area contributed by atoms with Gasteiger partial charge in [-0.15, -0.1) is 0 Å². The van der Waals surface area contributed by atoms with E-state index in [0.717, 1.165) is 18.5 Å². The minimum absolute atomic E-state index is 0.0550. The first-order chi connectivity index (χ1) is 9.79. The van der Waals surface area contributed by atoms with Crippen LogP contribution in [0.2, 0.25) is 0 Å². The third kappa shape index (κ3) is 2.65. The van der Waals surface area contributed by atoms with Crippen molar-refractivity contribution >= 4 is 11.3 Å². The Morgan fingerprint density at radius 2 is 2.10 bits per heavy atom. The van der Waals surface area contributed by atoms with Crippen LogP contribution in [0.1, 0.15) is 22.8 Å². The van der Waals surface area contributed by atoms with E-state index < -0.39 is 6.10 Å². The first kappa shape index (κ1) is 13.8. The van der Waals surface area contributed by atoms with Gasteiger partial charge in [0.1, 0.15) is 0 Å². The highest BCUT2D eigenvalue weighted by Crippen LogP contribution is 2.34. The van der Waals surface area contributed by atoms with E-state index in [1.807, 2.05) is 18.2 Å². The normalized spacial score (nSPS) is 21.4. The molecule has 0 saturated carbocycles. The molecule has 0 spiro atoms. The molecule has 0 radical (unpaired) electrons. The van der Waals surface area contributed by atoms with Crippen LogP contribution < -0.4 is 0 Å². The number of aliphatic hydroxyl groups excluding tert-OH is 2. The minimum Gasteiger partial charge on any atom is -0.395 e. The fraction of sp³-hybridized carbons (Fsp3) is 0.375.